The van der Waals surface area contributed by atoms with Crippen molar-refractivity contribution < 1.29 is 23.8 Å². The average Bonchev–Trinajstić information content (AvgIpc) is 3.22. The normalized spacial score (nSPS) is 13.6. The number of rotatable bonds is 44. The molecule has 0 unspecified atom stereocenters. The molecule has 6 nitrogen and oxygen atoms in total. The Morgan fingerprint density at radius 1 is 0.414 bits per heavy atom. The SMILES string of the molecule is CCCCCC(CCCCC)CC(=O)OCCCCCCCCC(CCCCCCCCOC(=O)CC(CCCCC)CCCCC)COCCCN1CCCCC1. The third-order valence-corrected chi connectivity index (χ3v) is 12.9. The van der Waals surface area contributed by atoms with Crippen LogP contribution in [0.4, 0.5) is 0 Å². The second-order valence-corrected chi connectivity index (χ2v) is 18.6. The predicted molar refractivity (Wildman–Crippen MR) is 249 cm³/mol. The Bertz CT molecular complexity index is 800. The second kappa shape index (κ2) is 42.5. The van der Waals surface area contributed by atoms with Crippen LogP contribution in [-0.4, -0.2) is 62.9 Å². The molecular weight excluding hydrogens is 719 g/mol. The molecule has 0 aromatic rings. The van der Waals surface area contributed by atoms with Crippen LogP contribution in [-0.2, 0) is 23.8 Å². The van der Waals surface area contributed by atoms with E-state index >= 15 is 0 Å². The molecule has 0 radical (unpaired) electrons. The van der Waals surface area contributed by atoms with Crippen LogP contribution < -0.4 is 0 Å². The van der Waals surface area contributed by atoms with Gasteiger partial charge < -0.3 is 19.1 Å². The summed E-state index contributed by atoms with van der Waals surface area (Å²) in [6.07, 6.45) is 43.4. The molecule has 344 valence electrons. The van der Waals surface area contributed by atoms with E-state index in [2.05, 4.69) is 32.6 Å². The molecule has 1 aliphatic rings. The number of carbonyl (C=O) groups is 2. The molecule has 1 aliphatic heterocycles. The van der Waals surface area contributed by atoms with Gasteiger partial charge in [-0.25, -0.2) is 0 Å². The fourth-order valence-electron chi connectivity index (χ4n) is 9.01. The molecule has 1 saturated heterocycles. The van der Waals surface area contributed by atoms with Gasteiger partial charge in [0.05, 0.1) is 13.2 Å². The van der Waals surface area contributed by atoms with Gasteiger partial charge in [-0.05, 0) is 101 Å². The van der Waals surface area contributed by atoms with Gasteiger partial charge >= 0.3 is 11.9 Å². The van der Waals surface area contributed by atoms with E-state index in [0.717, 1.165) is 45.3 Å². The third kappa shape index (κ3) is 35.6. The summed E-state index contributed by atoms with van der Waals surface area (Å²) in [6, 6.07) is 0. The molecule has 0 atom stereocenters. The van der Waals surface area contributed by atoms with Crippen molar-refractivity contribution in [2.75, 3.05) is 46.1 Å². The molecule has 0 amide bonds. The minimum atomic E-state index is 0.0325. The standard InChI is InChI=1S/C52H101NO5/c1-5-9-22-33-48(34-23-10-6-2)45-51(54)57-43-30-19-15-13-17-26-37-50(47-56-42-32-41-53-39-28-21-29-40-53)38-27-18-14-16-20-31-44-58-52(55)46-49(35-24-11-7-3)36-25-12-8-4/h48-50H,5-47H2,1-4H3. The van der Waals surface area contributed by atoms with Crippen LogP contribution in [0.25, 0.3) is 0 Å². The Hall–Kier alpha value is -1.14. The van der Waals surface area contributed by atoms with Crippen LogP contribution in [0.1, 0.15) is 259 Å². The van der Waals surface area contributed by atoms with Crippen molar-refractivity contribution in [3.63, 3.8) is 0 Å². The predicted octanol–water partition coefficient (Wildman–Crippen LogP) is 15.4. The highest BCUT2D eigenvalue weighted by atomic mass is 16.5. The van der Waals surface area contributed by atoms with Crippen LogP contribution in [0.5, 0.6) is 0 Å². The molecule has 0 aliphatic carbocycles. The summed E-state index contributed by atoms with van der Waals surface area (Å²) in [4.78, 5) is 27.7. The topological polar surface area (TPSA) is 65.1 Å². The van der Waals surface area contributed by atoms with Crippen molar-refractivity contribution in [1.82, 2.24) is 4.90 Å². The zero-order chi connectivity index (χ0) is 42.0. The number of unbranched alkanes of at least 4 members (excludes halogenated alkanes) is 18. The van der Waals surface area contributed by atoms with Gasteiger partial charge in [0.25, 0.3) is 0 Å². The summed E-state index contributed by atoms with van der Waals surface area (Å²) in [5.41, 5.74) is 0. The lowest BCUT2D eigenvalue weighted by molar-refractivity contribution is -0.146. The van der Waals surface area contributed by atoms with E-state index in [4.69, 9.17) is 14.2 Å². The average molecular weight is 820 g/mol. The van der Waals surface area contributed by atoms with E-state index < -0.39 is 0 Å². The number of ether oxygens (including phenoxy) is 3. The maximum absolute atomic E-state index is 12.6. The molecule has 0 saturated carbocycles. The third-order valence-electron chi connectivity index (χ3n) is 12.9. The van der Waals surface area contributed by atoms with Gasteiger partial charge in [-0.1, -0.05) is 175 Å². The Morgan fingerprint density at radius 2 is 0.776 bits per heavy atom. The summed E-state index contributed by atoms with van der Waals surface area (Å²) in [5.74, 6) is 1.76. The van der Waals surface area contributed by atoms with E-state index in [1.54, 1.807) is 0 Å². The Labute approximate surface area is 362 Å². The highest BCUT2D eigenvalue weighted by molar-refractivity contribution is 5.70. The summed E-state index contributed by atoms with van der Waals surface area (Å²) in [7, 11) is 0. The first kappa shape index (κ1) is 54.9. The minimum Gasteiger partial charge on any atom is -0.466 e. The molecule has 6 heteroatoms. The molecule has 0 N–H and O–H groups in total. The van der Waals surface area contributed by atoms with Gasteiger partial charge in [-0.2, -0.15) is 0 Å². The maximum Gasteiger partial charge on any atom is 0.306 e. The molecule has 0 aromatic heterocycles. The lowest BCUT2D eigenvalue weighted by Crippen LogP contribution is -2.31. The van der Waals surface area contributed by atoms with E-state index in [9.17, 15) is 9.59 Å². The van der Waals surface area contributed by atoms with Gasteiger partial charge in [0.1, 0.15) is 0 Å². The van der Waals surface area contributed by atoms with Gasteiger partial charge in [0.15, 0.2) is 0 Å². The fourth-order valence-corrected chi connectivity index (χ4v) is 9.01. The lowest BCUT2D eigenvalue weighted by Gasteiger charge is -2.26. The van der Waals surface area contributed by atoms with Crippen molar-refractivity contribution in [3.8, 4) is 0 Å². The van der Waals surface area contributed by atoms with Crippen LogP contribution >= 0.6 is 0 Å². The molecule has 0 aromatic carbocycles. The van der Waals surface area contributed by atoms with Crippen LogP contribution in [0, 0.1) is 17.8 Å². The number of likely N-dealkylation sites (tertiary alicyclic amines) is 1. The smallest absolute Gasteiger partial charge is 0.306 e. The van der Waals surface area contributed by atoms with E-state index in [1.165, 1.54) is 206 Å². The number of esters is 2. The summed E-state index contributed by atoms with van der Waals surface area (Å²) in [6.45, 7) is 15.8. The molecule has 1 fully saturated rings. The lowest BCUT2D eigenvalue weighted by atomic mass is 9.92. The van der Waals surface area contributed by atoms with Gasteiger partial charge in [0, 0.05) is 32.6 Å². The molecule has 1 heterocycles. The maximum atomic E-state index is 12.6. The zero-order valence-corrected chi connectivity index (χ0v) is 39.6. The first-order chi connectivity index (χ1) is 28.5. The minimum absolute atomic E-state index is 0.0325. The summed E-state index contributed by atoms with van der Waals surface area (Å²) >= 11 is 0. The van der Waals surface area contributed by atoms with Crippen molar-refractivity contribution >= 4 is 11.9 Å². The fraction of sp³-hybridized carbons (Fsp3) is 0.962. The van der Waals surface area contributed by atoms with Gasteiger partial charge in [-0.3, -0.25) is 9.59 Å². The van der Waals surface area contributed by atoms with Gasteiger partial charge in [-0.15, -0.1) is 0 Å². The van der Waals surface area contributed by atoms with Crippen molar-refractivity contribution in [3.05, 3.63) is 0 Å². The number of piperidine rings is 1. The Balaban J connectivity index is 2.25. The van der Waals surface area contributed by atoms with Crippen molar-refractivity contribution in [2.24, 2.45) is 17.8 Å². The van der Waals surface area contributed by atoms with Crippen molar-refractivity contribution in [2.45, 2.75) is 259 Å². The van der Waals surface area contributed by atoms with Crippen molar-refractivity contribution in [1.29, 1.82) is 0 Å². The highest BCUT2D eigenvalue weighted by Crippen LogP contribution is 2.24. The van der Waals surface area contributed by atoms with Gasteiger partial charge in [0.2, 0.25) is 0 Å². The number of nitrogens with zero attached hydrogens (tertiary/aromatic N) is 1. The number of hydrogen-bond donors (Lipinski definition) is 0. The van der Waals surface area contributed by atoms with Crippen LogP contribution in [0.15, 0.2) is 0 Å². The molecule has 58 heavy (non-hydrogen) atoms. The number of carbonyl (C=O) groups excluding carboxylic acids is 2. The monoisotopic (exact) mass is 820 g/mol. The molecule has 1 rings (SSSR count). The summed E-state index contributed by atoms with van der Waals surface area (Å²) < 4.78 is 17.7. The van der Waals surface area contributed by atoms with E-state index in [0.29, 0.717) is 43.8 Å². The van der Waals surface area contributed by atoms with Crippen LogP contribution in [0.3, 0.4) is 0 Å². The molecule has 0 bridgehead atoms. The largest absolute Gasteiger partial charge is 0.466 e. The highest BCUT2D eigenvalue weighted by Gasteiger charge is 2.16. The van der Waals surface area contributed by atoms with E-state index in [-0.39, 0.29) is 11.9 Å². The zero-order valence-electron chi connectivity index (χ0n) is 39.6. The summed E-state index contributed by atoms with van der Waals surface area (Å²) in [5, 5.41) is 0. The Morgan fingerprint density at radius 3 is 1.19 bits per heavy atom. The van der Waals surface area contributed by atoms with Crippen LogP contribution in [0.2, 0.25) is 0 Å². The number of hydrogen-bond acceptors (Lipinski definition) is 6. The first-order valence-electron chi connectivity index (χ1n) is 26.1. The quantitative estimate of drug-likeness (QED) is 0.0451. The molecular formula is C52H101NO5. The van der Waals surface area contributed by atoms with E-state index in [1.807, 2.05) is 0 Å². The Kier molecular flexibility index (Phi) is 40.3. The molecule has 0 spiro atoms. The second-order valence-electron chi connectivity index (χ2n) is 18.6. The first-order valence-corrected chi connectivity index (χ1v) is 26.1.